The molecule has 0 bridgehead atoms. The fourth-order valence-electron chi connectivity index (χ4n) is 3.29. The van der Waals surface area contributed by atoms with E-state index in [0.29, 0.717) is 19.4 Å². The average Bonchev–Trinajstić information content (AvgIpc) is 2.63. The van der Waals surface area contributed by atoms with E-state index in [2.05, 4.69) is 5.32 Å². The third kappa shape index (κ3) is 3.96. The van der Waals surface area contributed by atoms with Gasteiger partial charge >= 0.3 is 5.97 Å². The highest BCUT2D eigenvalue weighted by Crippen LogP contribution is 2.34. The summed E-state index contributed by atoms with van der Waals surface area (Å²) in [7, 11) is 0. The second kappa shape index (κ2) is 8.29. The van der Waals surface area contributed by atoms with E-state index < -0.39 is 11.4 Å². The Morgan fingerprint density at radius 3 is 2.50 bits per heavy atom. The van der Waals surface area contributed by atoms with Gasteiger partial charge in [-0.1, -0.05) is 44.2 Å². The molecule has 1 aromatic carbocycles. The van der Waals surface area contributed by atoms with E-state index >= 15 is 0 Å². The molecule has 1 fully saturated rings. The van der Waals surface area contributed by atoms with Gasteiger partial charge in [0.2, 0.25) is 5.91 Å². The molecule has 0 radical (unpaired) electrons. The summed E-state index contributed by atoms with van der Waals surface area (Å²) >= 11 is 0. The molecule has 24 heavy (non-hydrogen) atoms. The molecule has 1 heterocycles. The minimum atomic E-state index is -0.895. The third-order valence-corrected chi connectivity index (χ3v) is 5.20. The van der Waals surface area contributed by atoms with E-state index in [-0.39, 0.29) is 24.5 Å². The Labute approximate surface area is 143 Å². The van der Waals surface area contributed by atoms with Crippen LogP contribution in [0.1, 0.15) is 51.2 Å². The van der Waals surface area contributed by atoms with Crippen LogP contribution in [0.15, 0.2) is 30.3 Å². The summed E-state index contributed by atoms with van der Waals surface area (Å²) in [6.45, 7) is 4.50. The number of carbonyl (C=O) groups excluding carboxylic acids is 1. The molecule has 0 aromatic heterocycles. The van der Waals surface area contributed by atoms with Crippen molar-refractivity contribution in [3.05, 3.63) is 35.9 Å². The topological polar surface area (TPSA) is 75.6 Å². The number of benzene rings is 1. The molecule has 1 saturated heterocycles. The first-order valence-corrected chi connectivity index (χ1v) is 8.71. The van der Waals surface area contributed by atoms with Crippen LogP contribution in [0.4, 0.5) is 0 Å². The summed E-state index contributed by atoms with van der Waals surface area (Å²) < 4.78 is 5.85. The lowest BCUT2D eigenvalue weighted by molar-refractivity contribution is -0.149. The number of carboxylic acid groups (broad SMARTS) is 1. The van der Waals surface area contributed by atoms with E-state index in [1.165, 1.54) is 0 Å². The van der Waals surface area contributed by atoms with Crippen LogP contribution in [0, 0.1) is 11.3 Å². The van der Waals surface area contributed by atoms with Gasteiger partial charge in [-0.25, -0.2) is 0 Å². The van der Waals surface area contributed by atoms with Gasteiger partial charge in [-0.3, -0.25) is 9.59 Å². The summed E-state index contributed by atoms with van der Waals surface area (Å²) in [6, 6.07) is 9.74. The van der Waals surface area contributed by atoms with Crippen molar-refractivity contribution in [3.63, 3.8) is 0 Å². The van der Waals surface area contributed by atoms with E-state index in [1.807, 2.05) is 44.2 Å². The molecular weight excluding hydrogens is 306 g/mol. The van der Waals surface area contributed by atoms with Gasteiger partial charge in [0.15, 0.2) is 0 Å². The van der Waals surface area contributed by atoms with Crippen molar-refractivity contribution in [2.75, 3.05) is 13.2 Å². The van der Waals surface area contributed by atoms with E-state index in [4.69, 9.17) is 4.74 Å². The van der Waals surface area contributed by atoms with Crippen molar-refractivity contribution in [1.82, 2.24) is 5.32 Å². The van der Waals surface area contributed by atoms with Crippen molar-refractivity contribution in [2.24, 2.45) is 11.3 Å². The molecule has 2 N–H and O–H groups in total. The maximum Gasteiger partial charge on any atom is 0.311 e. The van der Waals surface area contributed by atoms with Crippen LogP contribution in [0.3, 0.4) is 0 Å². The summed E-state index contributed by atoms with van der Waals surface area (Å²) in [4.78, 5) is 24.3. The molecular formula is C19H27NO4. The summed E-state index contributed by atoms with van der Waals surface area (Å²) in [5.41, 5.74) is 0.0980. The zero-order valence-electron chi connectivity index (χ0n) is 14.5. The molecule has 0 saturated carbocycles. The fraction of sp³-hybridized carbons (Fsp3) is 0.579. The summed E-state index contributed by atoms with van der Waals surface area (Å²) in [6.07, 6.45) is 2.31. The Hall–Kier alpha value is -1.88. The maximum absolute atomic E-state index is 12.7. The van der Waals surface area contributed by atoms with Crippen LogP contribution >= 0.6 is 0 Å². The molecule has 2 atom stereocenters. The van der Waals surface area contributed by atoms with Gasteiger partial charge in [0.1, 0.15) is 0 Å². The van der Waals surface area contributed by atoms with Crippen LogP contribution in [-0.2, 0) is 14.3 Å². The first-order valence-electron chi connectivity index (χ1n) is 8.71. The second-order valence-corrected chi connectivity index (χ2v) is 6.46. The summed E-state index contributed by atoms with van der Waals surface area (Å²) in [5.74, 6) is -1.25. The van der Waals surface area contributed by atoms with Crippen LogP contribution in [0.25, 0.3) is 0 Å². The number of aliphatic carboxylic acids is 1. The van der Waals surface area contributed by atoms with Crippen LogP contribution in [0.2, 0.25) is 0 Å². The third-order valence-electron chi connectivity index (χ3n) is 5.20. The highest BCUT2D eigenvalue weighted by atomic mass is 16.5. The molecule has 1 aliphatic rings. The Morgan fingerprint density at radius 1 is 1.25 bits per heavy atom. The zero-order chi connectivity index (χ0) is 17.6. The maximum atomic E-state index is 12.7. The predicted octanol–water partition coefficient (Wildman–Crippen LogP) is 3.16. The number of amides is 1. The van der Waals surface area contributed by atoms with Crippen molar-refractivity contribution in [3.8, 4) is 0 Å². The lowest BCUT2D eigenvalue weighted by Crippen LogP contribution is -2.45. The molecule has 5 nitrogen and oxygen atoms in total. The quantitative estimate of drug-likeness (QED) is 0.803. The van der Waals surface area contributed by atoms with Gasteiger partial charge in [-0.05, 0) is 31.2 Å². The minimum absolute atomic E-state index is 0.115. The zero-order valence-corrected chi connectivity index (χ0v) is 14.5. The van der Waals surface area contributed by atoms with Crippen LogP contribution in [-0.4, -0.2) is 30.1 Å². The van der Waals surface area contributed by atoms with Gasteiger partial charge < -0.3 is 15.2 Å². The monoisotopic (exact) mass is 333 g/mol. The Balaban J connectivity index is 2.08. The highest BCUT2D eigenvalue weighted by Gasteiger charge is 2.38. The van der Waals surface area contributed by atoms with Crippen molar-refractivity contribution in [1.29, 1.82) is 0 Å². The first kappa shape index (κ1) is 18.5. The van der Waals surface area contributed by atoms with Crippen LogP contribution in [0.5, 0.6) is 0 Å². The number of carbonyl (C=O) groups is 2. The second-order valence-electron chi connectivity index (χ2n) is 6.46. The average molecular weight is 333 g/mol. The van der Waals surface area contributed by atoms with Gasteiger partial charge in [0.05, 0.1) is 17.4 Å². The molecule has 0 aliphatic carbocycles. The largest absolute Gasteiger partial charge is 0.481 e. The number of hydrogen-bond donors (Lipinski definition) is 2. The molecule has 132 valence electrons. The number of hydrogen-bond acceptors (Lipinski definition) is 3. The minimum Gasteiger partial charge on any atom is -0.481 e. The van der Waals surface area contributed by atoms with Gasteiger partial charge in [-0.2, -0.15) is 0 Å². The highest BCUT2D eigenvalue weighted by molar-refractivity contribution is 5.81. The number of rotatable bonds is 7. The Morgan fingerprint density at radius 2 is 1.92 bits per heavy atom. The van der Waals surface area contributed by atoms with Gasteiger partial charge in [-0.15, -0.1) is 0 Å². The Bertz CT molecular complexity index is 554. The fourth-order valence-corrected chi connectivity index (χ4v) is 3.29. The molecule has 2 rings (SSSR count). The van der Waals surface area contributed by atoms with E-state index in [0.717, 1.165) is 18.4 Å². The van der Waals surface area contributed by atoms with Crippen molar-refractivity contribution >= 4 is 11.9 Å². The molecule has 1 aromatic rings. The molecule has 2 unspecified atom stereocenters. The smallest absolute Gasteiger partial charge is 0.311 e. The SMILES string of the molecule is CCC(CC)(CNC(=O)C1CCCOC1c1ccccc1)C(=O)O. The number of carboxylic acids is 1. The normalized spacial score (nSPS) is 21.2. The summed E-state index contributed by atoms with van der Waals surface area (Å²) in [5, 5.41) is 12.4. The molecule has 5 heteroatoms. The van der Waals surface area contributed by atoms with Crippen molar-refractivity contribution < 1.29 is 19.4 Å². The van der Waals surface area contributed by atoms with Crippen LogP contribution < -0.4 is 5.32 Å². The van der Waals surface area contributed by atoms with E-state index in [1.54, 1.807) is 0 Å². The lowest BCUT2D eigenvalue weighted by Gasteiger charge is -2.33. The van der Waals surface area contributed by atoms with Gasteiger partial charge in [0.25, 0.3) is 0 Å². The van der Waals surface area contributed by atoms with Gasteiger partial charge in [0, 0.05) is 13.2 Å². The predicted molar refractivity (Wildman–Crippen MR) is 91.5 cm³/mol. The lowest BCUT2D eigenvalue weighted by atomic mass is 9.82. The number of nitrogens with one attached hydrogen (secondary N) is 1. The number of ether oxygens (including phenoxy) is 1. The molecule has 0 spiro atoms. The van der Waals surface area contributed by atoms with E-state index in [9.17, 15) is 14.7 Å². The first-order chi connectivity index (χ1) is 11.5. The Kier molecular flexibility index (Phi) is 6.37. The molecule has 1 amide bonds. The molecule has 1 aliphatic heterocycles. The standard InChI is InChI=1S/C19H27NO4/c1-3-19(4-2,18(22)23)13-20-17(21)15-11-8-12-24-16(15)14-9-6-5-7-10-14/h5-7,9-10,15-16H,3-4,8,11-13H2,1-2H3,(H,20,21)(H,22,23). The van der Waals surface area contributed by atoms with Crippen molar-refractivity contribution in [2.45, 2.75) is 45.6 Å².